The van der Waals surface area contributed by atoms with Gasteiger partial charge >= 0.3 is 0 Å². The van der Waals surface area contributed by atoms with Crippen LogP contribution >= 0.6 is 0 Å². The Morgan fingerprint density at radius 1 is 1.42 bits per heavy atom. The van der Waals surface area contributed by atoms with Crippen molar-refractivity contribution in [1.82, 2.24) is 0 Å². The van der Waals surface area contributed by atoms with E-state index in [0.717, 1.165) is 11.8 Å². The van der Waals surface area contributed by atoms with Gasteiger partial charge in [0.1, 0.15) is 0 Å². The van der Waals surface area contributed by atoms with Crippen molar-refractivity contribution in [1.29, 1.82) is 0 Å². The largest absolute Gasteiger partial charge is 0.103 e. The van der Waals surface area contributed by atoms with Crippen LogP contribution in [0, 0.1) is 11.8 Å². The molecule has 0 amide bonds. The highest BCUT2D eigenvalue weighted by molar-refractivity contribution is 4.78. The molecule has 0 aromatic rings. The van der Waals surface area contributed by atoms with Crippen molar-refractivity contribution in [2.24, 2.45) is 11.8 Å². The molecule has 0 spiro atoms. The highest BCUT2D eigenvalue weighted by Crippen LogP contribution is 2.37. The molecule has 1 rings (SSSR count). The highest BCUT2D eigenvalue weighted by atomic mass is 14.3. The van der Waals surface area contributed by atoms with Gasteiger partial charge in [0.15, 0.2) is 0 Å². The van der Waals surface area contributed by atoms with E-state index in [1.807, 2.05) is 0 Å². The first-order valence-corrected chi connectivity index (χ1v) is 5.47. The van der Waals surface area contributed by atoms with Crippen LogP contribution in [0.2, 0.25) is 0 Å². The van der Waals surface area contributed by atoms with Gasteiger partial charge in [0.2, 0.25) is 0 Å². The van der Waals surface area contributed by atoms with Gasteiger partial charge < -0.3 is 0 Å². The van der Waals surface area contributed by atoms with E-state index in [1.54, 1.807) is 0 Å². The Hall–Kier alpha value is -0.260. The zero-order chi connectivity index (χ0) is 8.81. The molecule has 1 unspecified atom stereocenters. The second kappa shape index (κ2) is 5.40. The molecule has 0 nitrogen and oxygen atoms in total. The Morgan fingerprint density at radius 3 is 2.67 bits per heavy atom. The van der Waals surface area contributed by atoms with E-state index in [9.17, 15) is 0 Å². The third-order valence-corrected chi connectivity index (χ3v) is 2.84. The normalized spacial score (nSPS) is 19.1. The van der Waals surface area contributed by atoms with Crippen LogP contribution in [0.5, 0.6) is 0 Å². The molecule has 0 aromatic carbocycles. The lowest BCUT2D eigenvalue weighted by molar-refractivity contribution is 0.397. The summed E-state index contributed by atoms with van der Waals surface area (Å²) in [7, 11) is 0. The predicted molar refractivity (Wildman–Crippen MR) is 55.2 cm³/mol. The molecule has 0 saturated heterocycles. The Balaban J connectivity index is 2.11. The van der Waals surface area contributed by atoms with Crippen molar-refractivity contribution in [3.05, 3.63) is 12.7 Å². The molecule has 1 fully saturated rings. The zero-order valence-corrected chi connectivity index (χ0v) is 8.39. The van der Waals surface area contributed by atoms with Crippen LogP contribution in [0.15, 0.2) is 12.7 Å². The van der Waals surface area contributed by atoms with E-state index < -0.39 is 0 Å². The smallest absolute Gasteiger partial charge is 0.0351 e. The summed E-state index contributed by atoms with van der Waals surface area (Å²) in [6.07, 6.45) is 12.0. The van der Waals surface area contributed by atoms with Crippen molar-refractivity contribution in [2.45, 2.75) is 51.9 Å². The lowest BCUT2D eigenvalue weighted by Crippen LogP contribution is -2.00. The van der Waals surface area contributed by atoms with E-state index in [1.165, 1.54) is 44.9 Å². The van der Waals surface area contributed by atoms with Gasteiger partial charge in [-0.15, -0.1) is 6.58 Å². The predicted octanol–water partition coefficient (Wildman–Crippen LogP) is 4.17. The molecule has 0 heterocycles. The lowest BCUT2D eigenvalue weighted by Gasteiger charge is -2.13. The topological polar surface area (TPSA) is 0 Å². The summed E-state index contributed by atoms with van der Waals surface area (Å²) in [5.41, 5.74) is 0. The lowest BCUT2D eigenvalue weighted by atomic mass is 9.92. The van der Waals surface area contributed by atoms with E-state index >= 15 is 0 Å². The Morgan fingerprint density at radius 2 is 2.17 bits per heavy atom. The molecule has 1 atom stereocenters. The minimum absolute atomic E-state index is 1.00. The molecule has 1 aliphatic carbocycles. The Bertz CT molecular complexity index is 122. The van der Waals surface area contributed by atoms with Crippen LogP contribution in [-0.4, -0.2) is 0 Å². The average molecular weight is 166 g/mol. The molecule has 0 bridgehead atoms. The summed E-state index contributed by atoms with van der Waals surface area (Å²) in [6, 6.07) is 0. The van der Waals surface area contributed by atoms with E-state index in [-0.39, 0.29) is 0 Å². The molecule has 0 heteroatoms. The number of hydrogen-bond acceptors (Lipinski definition) is 0. The van der Waals surface area contributed by atoms with Crippen LogP contribution in [0.1, 0.15) is 51.9 Å². The van der Waals surface area contributed by atoms with E-state index in [0.29, 0.717) is 0 Å². The van der Waals surface area contributed by atoms with Gasteiger partial charge in [-0.3, -0.25) is 0 Å². The van der Waals surface area contributed by atoms with E-state index in [4.69, 9.17) is 0 Å². The van der Waals surface area contributed by atoms with Crippen molar-refractivity contribution in [2.75, 3.05) is 0 Å². The van der Waals surface area contributed by atoms with Crippen LogP contribution in [0.25, 0.3) is 0 Å². The van der Waals surface area contributed by atoms with Crippen LogP contribution in [0.3, 0.4) is 0 Å². The zero-order valence-electron chi connectivity index (χ0n) is 8.39. The molecule has 0 aromatic heterocycles. The molecule has 1 saturated carbocycles. The monoisotopic (exact) mass is 166 g/mol. The van der Waals surface area contributed by atoms with Gasteiger partial charge in [0.25, 0.3) is 0 Å². The third-order valence-electron chi connectivity index (χ3n) is 2.84. The molecule has 0 radical (unpaired) electrons. The minimum Gasteiger partial charge on any atom is -0.103 e. The van der Waals surface area contributed by atoms with Gasteiger partial charge in [0.05, 0.1) is 0 Å². The van der Waals surface area contributed by atoms with Crippen molar-refractivity contribution < 1.29 is 0 Å². The van der Waals surface area contributed by atoms with Crippen molar-refractivity contribution >= 4 is 0 Å². The van der Waals surface area contributed by atoms with Gasteiger partial charge in [-0.25, -0.2) is 0 Å². The minimum atomic E-state index is 1.00. The fourth-order valence-electron chi connectivity index (χ4n) is 1.97. The molecule has 0 aliphatic heterocycles. The summed E-state index contributed by atoms with van der Waals surface area (Å²) in [4.78, 5) is 0. The molecule has 12 heavy (non-hydrogen) atoms. The number of hydrogen-bond donors (Lipinski definition) is 0. The quantitative estimate of drug-likeness (QED) is 0.498. The van der Waals surface area contributed by atoms with Gasteiger partial charge in [0, 0.05) is 0 Å². The highest BCUT2D eigenvalue weighted by Gasteiger charge is 2.24. The first-order chi connectivity index (χ1) is 5.86. The van der Waals surface area contributed by atoms with Crippen LogP contribution < -0.4 is 0 Å². The van der Waals surface area contributed by atoms with Crippen molar-refractivity contribution in [3.8, 4) is 0 Å². The molecule has 0 N–H and O–H groups in total. The fraction of sp³-hybridized carbons (Fsp3) is 0.833. The van der Waals surface area contributed by atoms with Crippen LogP contribution in [-0.2, 0) is 0 Å². The summed E-state index contributed by atoms with van der Waals surface area (Å²) >= 11 is 0. The molecule has 1 aliphatic rings. The first-order valence-electron chi connectivity index (χ1n) is 5.47. The maximum Gasteiger partial charge on any atom is -0.0351 e. The van der Waals surface area contributed by atoms with Gasteiger partial charge in [-0.05, 0) is 31.1 Å². The van der Waals surface area contributed by atoms with Gasteiger partial charge in [-0.1, -0.05) is 38.7 Å². The average Bonchev–Trinajstić information content (AvgIpc) is 2.84. The summed E-state index contributed by atoms with van der Waals surface area (Å²) in [6.45, 7) is 6.09. The first kappa shape index (κ1) is 9.83. The summed E-state index contributed by atoms with van der Waals surface area (Å²) in [5.74, 6) is 2.10. The Kier molecular flexibility index (Phi) is 4.42. The fourth-order valence-corrected chi connectivity index (χ4v) is 1.97. The third kappa shape index (κ3) is 3.94. The second-order valence-corrected chi connectivity index (χ2v) is 4.20. The molecular weight excluding hydrogens is 144 g/mol. The summed E-state index contributed by atoms with van der Waals surface area (Å²) < 4.78 is 0. The van der Waals surface area contributed by atoms with E-state index in [2.05, 4.69) is 19.6 Å². The standard InChI is InChI=1S/C12H22/c1-3-5-7-11(6-4-2)10-12-8-9-12/h3,11-12H,1,4-10H2,2H3. The molecule has 70 valence electrons. The maximum absolute atomic E-state index is 3.79. The maximum atomic E-state index is 3.79. The van der Waals surface area contributed by atoms with Gasteiger partial charge in [-0.2, -0.15) is 0 Å². The Labute approximate surface area is 77.1 Å². The SMILES string of the molecule is C=CCCC(CCC)CC1CC1. The van der Waals surface area contributed by atoms with Crippen molar-refractivity contribution in [3.63, 3.8) is 0 Å². The number of allylic oxidation sites excluding steroid dienone is 1. The molecular formula is C12H22. The summed E-state index contributed by atoms with van der Waals surface area (Å²) in [5, 5.41) is 0. The number of rotatable bonds is 7. The van der Waals surface area contributed by atoms with Crippen LogP contribution in [0.4, 0.5) is 0 Å². The second-order valence-electron chi connectivity index (χ2n) is 4.20.